The summed E-state index contributed by atoms with van der Waals surface area (Å²) in [6.07, 6.45) is -3.08. The molecule has 1 N–H and O–H groups in total. The lowest BCUT2D eigenvalue weighted by molar-refractivity contribution is -0.0499. The van der Waals surface area contributed by atoms with Gasteiger partial charge in [0.15, 0.2) is 5.78 Å². The predicted molar refractivity (Wildman–Crippen MR) is 114 cm³/mol. The number of nitrogens with zero attached hydrogens (tertiary/aromatic N) is 2. The van der Waals surface area contributed by atoms with E-state index in [1.807, 2.05) is 0 Å². The van der Waals surface area contributed by atoms with E-state index in [2.05, 4.69) is 15.2 Å². The Morgan fingerprint density at radius 3 is 2.26 bits per heavy atom. The lowest BCUT2D eigenvalue weighted by Gasteiger charge is -2.16. The molecule has 3 aromatic rings. The number of nitrogens with one attached hydrogen (secondary N) is 1. The van der Waals surface area contributed by atoms with Crippen LogP contribution in [0.15, 0.2) is 48.5 Å². The summed E-state index contributed by atoms with van der Waals surface area (Å²) in [5.41, 5.74) is -0.164. The zero-order chi connectivity index (χ0) is 25.0. The summed E-state index contributed by atoms with van der Waals surface area (Å²) in [6, 6.07) is 11.0. The molecule has 3 rings (SSSR count). The van der Waals surface area contributed by atoms with E-state index in [9.17, 15) is 27.2 Å². The quantitative estimate of drug-likeness (QED) is 0.326. The zero-order valence-corrected chi connectivity index (χ0v) is 18.4. The van der Waals surface area contributed by atoms with Gasteiger partial charge in [0.1, 0.15) is 22.8 Å². The standard InChI is InChI=1S/C23H21F4N3O4/c1-12(14-7-9-15(10-8-14)13(2)31)28-21(32)18-19(20(24)25)29-30(3)22(18)33-16-5-4-6-17(11-16)34-23(26)27/h4-12,20,23H,1-3H3,(H,28,32)/t12-/m0/s1. The van der Waals surface area contributed by atoms with Crippen molar-refractivity contribution in [3.05, 3.63) is 70.9 Å². The van der Waals surface area contributed by atoms with Gasteiger partial charge in [-0.1, -0.05) is 30.3 Å². The summed E-state index contributed by atoms with van der Waals surface area (Å²) in [5.74, 6) is -1.53. The largest absolute Gasteiger partial charge is 0.438 e. The minimum atomic E-state index is -3.08. The molecule has 0 radical (unpaired) electrons. The molecule has 0 saturated heterocycles. The number of carbonyl (C=O) groups is 2. The molecule has 11 heteroatoms. The number of amides is 1. The van der Waals surface area contributed by atoms with Crippen molar-refractivity contribution < 1.29 is 36.6 Å². The second kappa shape index (κ2) is 10.4. The van der Waals surface area contributed by atoms with Gasteiger partial charge in [-0.2, -0.15) is 13.9 Å². The molecule has 1 amide bonds. The zero-order valence-electron chi connectivity index (χ0n) is 18.4. The molecule has 2 aromatic carbocycles. The third kappa shape index (κ3) is 5.72. The molecule has 180 valence electrons. The van der Waals surface area contributed by atoms with Crippen molar-refractivity contribution in [3.8, 4) is 17.4 Å². The van der Waals surface area contributed by atoms with Crippen LogP contribution >= 0.6 is 0 Å². The summed E-state index contributed by atoms with van der Waals surface area (Å²) in [4.78, 5) is 24.5. The molecule has 0 bridgehead atoms. The molecule has 0 unspecified atom stereocenters. The van der Waals surface area contributed by atoms with Gasteiger partial charge in [0.25, 0.3) is 12.3 Å². The molecular weight excluding hydrogens is 458 g/mol. The van der Waals surface area contributed by atoms with Gasteiger partial charge < -0.3 is 14.8 Å². The van der Waals surface area contributed by atoms with Crippen molar-refractivity contribution >= 4 is 11.7 Å². The molecule has 0 aliphatic rings. The van der Waals surface area contributed by atoms with E-state index in [-0.39, 0.29) is 23.2 Å². The van der Waals surface area contributed by atoms with Crippen molar-refractivity contribution in [2.24, 2.45) is 7.05 Å². The van der Waals surface area contributed by atoms with Gasteiger partial charge in [-0.15, -0.1) is 0 Å². The van der Waals surface area contributed by atoms with Gasteiger partial charge in [-0.25, -0.2) is 13.5 Å². The topological polar surface area (TPSA) is 82.5 Å². The monoisotopic (exact) mass is 479 g/mol. The Balaban J connectivity index is 1.89. The van der Waals surface area contributed by atoms with Gasteiger partial charge in [-0.3, -0.25) is 9.59 Å². The summed E-state index contributed by atoms with van der Waals surface area (Å²) in [7, 11) is 1.31. The van der Waals surface area contributed by atoms with E-state index >= 15 is 0 Å². The van der Waals surface area contributed by atoms with Gasteiger partial charge >= 0.3 is 6.61 Å². The third-order valence-electron chi connectivity index (χ3n) is 4.87. The van der Waals surface area contributed by atoms with Crippen molar-refractivity contribution in [2.75, 3.05) is 0 Å². The Bertz CT molecular complexity index is 1180. The van der Waals surface area contributed by atoms with Crippen LogP contribution in [0.2, 0.25) is 0 Å². The number of benzene rings is 2. The van der Waals surface area contributed by atoms with Crippen LogP contribution in [0.4, 0.5) is 17.6 Å². The number of ketones is 1. The highest BCUT2D eigenvalue weighted by Crippen LogP contribution is 2.34. The van der Waals surface area contributed by atoms with Gasteiger partial charge in [0.05, 0.1) is 6.04 Å². The number of rotatable bonds is 9. The average molecular weight is 479 g/mol. The number of hydrogen-bond donors (Lipinski definition) is 1. The minimum absolute atomic E-state index is 0.0242. The number of hydrogen-bond acceptors (Lipinski definition) is 5. The van der Waals surface area contributed by atoms with E-state index in [0.717, 1.165) is 10.7 Å². The normalized spacial score (nSPS) is 12.0. The fraction of sp³-hybridized carbons (Fsp3) is 0.261. The Kier molecular flexibility index (Phi) is 7.54. The number of aromatic nitrogens is 2. The average Bonchev–Trinajstić information content (AvgIpc) is 3.10. The SMILES string of the molecule is CC(=O)c1ccc([C@H](C)NC(=O)c2c(C(F)F)nn(C)c2Oc2cccc(OC(F)F)c2)cc1. The summed E-state index contributed by atoms with van der Waals surface area (Å²) >= 11 is 0. The van der Waals surface area contributed by atoms with Crippen LogP contribution < -0.4 is 14.8 Å². The maximum atomic E-state index is 13.7. The van der Waals surface area contributed by atoms with Gasteiger partial charge in [0, 0.05) is 18.7 Å². The molecule has 0 aliphatic carbocycles. The predicted octanol–water partition coefficient (Wildman–Crippen LogP) is 5.45. The number of halogens is 4. The Morgan fingerprint density at radius 2 is 1.68 bits per heavy atom. The second-order valence-corrected chi connectivity index (χ2v) is 7.32. The molecule has 0 saturated carbocycles. The Morgan fingerprint density at radius 1 is 1.03 bits per heavy atom. The van der Waals surface area contributed by atoms with E-state index in [4.69, 9.17) is 4.74 Å². The molecule has 0 fully saturated rings. The van der Waals surface area contributed by atoms with Crippen LogP contribution in [-0.2, 0) is 7.05 Å². The second-order valence-electron chi connectivity index (χ2n) is 7.32. The lowest BCUT2D eigenvalue weighted by Crippen LogP contribution is -2.27. The van der Waals surface area contributed by atoms with E-state index in [0.29, 0.717) is 11.1 Å². The lowest BCUT2D eigenvalue weighted by atomic mass is 10.0. The van der Waals surface area contributed by atoms with Gasteiger partial charge in [-0.05, 0) is 31.5 Å². The number of alkyl halides is 4. The van der Waals surface area contributed by atoms with Crippen molar-refractivity contribution in [2.45, 2.75) is 32.9 Å². The highest BCUT2D eigenvalue weighted by molar-refractivity contribution is 5.98. The molecular formula is C23H21F4N3O4. The molecule has 0 spiro atoms. The molecule has 1 aromatic heterocycles. The fourth-order valence-corrected chi connectivity index (χ4v) is 3.20. The number of ether oxygens (including phenoxy) is 2. The van der Waals surface area contributed by atoms with Gasteiger partial charge in [0.2, 0.25) is 5.88 Å². The van der Waals surface area contributed by atoms with Crippen molar-refractivity contribution in [1.82, 2.24) is 15.1 Å². The molecule has 1 atom stereocenters. The molecule has 7 nitrogen and oxygen atoms in total. The molecule has 34 heavy (non-hydrogen) atoms. The van der Waals surface area contributed by atoms with E-state index in [1.165, 1.54) is 32.2 Å². The number of Topliss-reactive ketones (excluding diaryl/α,β-unsaturated/α-hetero) is 1. The van der Waals surface area contributed by atoms with Crippen LogP contribution in [0, 0.1) is 0 Å². The Hall–Kier alpha value is -3.89. The first-order chi connectivity index (χ1) is 16.1. The van der Waals surface area contributed by atoms with Crippen LogP contribution in [0.1, 0.15) is 58.3 Å². The third-order valence-corrected chi connectivity index (χ3v) is 4.87. The van der Waals surface area contributed by atoms with Crippen LogP contribution in [0.25, 0.3) is 0 Å². The fourth-order valence-electron chi connectivity index (χ4n) is 3.20. The first-order valence-corrected chi connectivity index (χ1v) is 10.1. The summed E-state index contributed by atoms with van der Waals surface area (Å²) < 4.78 is 63.2. The first-order valence-electron chi connectivity index (χ1n) is 10.1. The molecule has 0 aliphatic heterocycles. The van der Waals surface area contributed by atoms with Crippen molar-refractivity contribution in [1.29, 1.82) is 0 Å². The maximum absolute atomic E-state index is 13.7. The first kappa shape index (κ1) is 24.7. The van der Waals surface area contributed by atoms with Crippen LogP contribution in [0.5, 0.6) is 17.4 Å². The van der Waals surface area contributed by atoms with E-state index in [1.54, 1.807) is 31.2 Å². The number of aryl methyl sites for hydroxylation is 1. The number of carbonyl (C=O) groups excluding carboxylic acids is 2. The minimum Gasteiger partial charge on any atom is -0.438 e. The Labute approximate surface area is 192 Å². The van der Waals surface area contributed by atoms with Crippen LogP contribution in [0.3, 0.4) is 0 Å². The maximum Gasteiger partial charge on any atom is 0.387 e. The smallest absolute Gasteiger partial charge is 0.387 e. The highest BCUT2D eigenvalue weighted by atomic mass is 19.3. The molecule has 1 heterocycles. The van der Waals surface area contributed by atoms with Crippen LogP contribution in [-0.4, -0.2) is 28.1 Å². The summed E-state index contributed by atoms with van der Waals surface area (Å²) in [6.45, 7) is 0.000510. The van der Waals surface area contributed by atoms with Crippen molar-refractivity contribution in [3.63, 3.8) is 0 Å². The van der Waals surface area contributed by atoms with E-state index < -0.39 is 36.2 Å². The summed E-state index contributed by atoms with van der Waals surface area (Å²) in [5, 5.41) is 6.32. The highest BCUT2D eigenvalue weighted by Gasteiger charge is 2.30.